The van der Waals surface area contributed by atoms with Gasteiger partial charge in [0, 0.05) is 29.1 Å². The van der Waals surface area contributed by atoms with Crippen LogP contribution in [0.25, 0.3) is 10.9 Å². The minimum atomic E-state index is -0.630. The van der Waals surface area contributed by atoms with E-state index in [1.807, 2.05) is 24.3 Å². The number of hydrogen-bond donors (Lipinski definition) is 2. The van der Waals surface area contributed by atoms with E-state index in [2.05, 4.69) is 5.32 Å². The van der Waals surface area contributed by atoms with Gasteiger partial charge < -0.3 is 16.0 Å². The number of ketones is 1. The van der Waals surface area contributed by atoms with Crippen molar-refractivity contribution in [1.82, 2.24) is 9.47 Å². The molecule has 1 aliphatic heterocycles. The number of para-hydroxylation sites is 1. The molecule has 2 unspecified atom stereocenters. The maximum absolute atomic E-state index is 13.2. The van der Waals surface area contributed by atoms with E-state index in [9.17, 15) is 14.4 Å². The SMILES string of the molecule is NC(=O)n1cc(NC(=O)N2C3CC3C[C@H]2C(=O)Cc2cccc(Cl)c2)c2ccccc21. The number of likely N-dealkylation sites (tertiary alicyclic amines) is 1. The van der Waals surface area contributed by atoms with Gasteiger partial charge in [-0.05, 0) is 42.5 Å². The number of urea groups is 1. The Balaban J connectivity index is 1.38. The summed E-state index contributed by atoms with van der Waals surface area (Å²) in [5, 5.41) is 4.20. The standard InChI is InChI=1S/C23H21ClN4O3/c24-15-5-3-4-13(8-15)9-21(29)20-11-14-10-19(14)28(20)23(31)26-17-12-27(22(25)30)18-7-2-1-6-16(17)18/h1-8,12,14,19-20H,9-11H2,(H2,25,30)(H,26,31)/t14?,19?,20-/m0/s1. The van der Waals surface area contributed by atoms with Gasteiger partial charge in [-0.2, -0.15) is 0 Å². The summed E-state index contributed by atoms with van der Waals surface area (Å²) in [5.74, 6) is 0.371. The van der Waals surface area contributed by atoms with Crippen LogP contribution in [0.15, 0.2) is 54.7 Å². The molecular weight excluding hydrogens is 416 g/mol. The number of carbonyl (C=O) groups excluding carboxylic acids is 3. The molecular formula is C23H21ClN4O3. The van der Waals surface area contributed by atoms with Crippen LogP contribution >= 0.6 is 11.6 Å². The molecule has 31 heavy (non-hydrogen) atoms. The number of amides is 3. The van der Waals surface area contributed by atoms with Crippen LogP contribution in [0, 0.1) is 5.92 Å². The Bertz CT molecular complexity index is 1220. The number of piperidine rings is 1. The van der Waals surface area contributed by atoms with Gasteiger partial charge in [0.2, 0.25) is 0 Å². The van der Waals surface area contributed by atoms with Crippen molar-refractivity contribution in [2.45, 2.75) is 31.3 Å². The van der Waals surface area contributed by atoms with Crippen LogP contribution in [0.5, 0.6) is 0 Å². The van der Waals surface area contributed by atoms with Crippen molar-refractivity contribution in [2.24, 2.45) is 11.7 Å². The lowest BCUT2D eigenvalue weighted by molar-refractivity contribution is -0.122. The molecule has 3 aromatic rings. The number of hydrogen-bond acceptors (Lipinski definition) is 3. The van der Waals surface area contributed by atoms with Crippen molar-refractivity contribution in [1.29, 1.82) is 0 Å². The number of aromatic nitrogens is 1. The molecule has 0 radical (unpaired) electrons. The van der Waals surface area contributed by atoms with Crippen LogP contribution in [0.3, 0.4) is 0 Å². The third-order valence-electron chi connectivity index (χ3n) is 6.17. The molecule has 3 amide bonds. The Kier molecular flexibility index (Phi) is 4.70. The molecule has 2 heterocycles. The van der Waals surface area contributed by atoms with Gasteiger partial charge in [0.1, 0.15) is 0 Å². The summed E-state index contributed by atoms with van der Waals surface area (Å²) in [6, 6.07) is 13.1. The second kappa shape index (κ2) is 7.42. The monoisotopic (exact) mass is 436 g/mol. The maximum atomic E-state index is 13.2. The minimum absolute atomic E-state index is 0.00387. The third kappa shape index (κ3) is 3.55. The number of fused-ring (bicyclic) bond motifs is 2. The molecule has 0 spiro atoms. The molecule has 1 aromatic heterocycles. The van der Waals surface area contributed by atoms with E-state index >= 15 is 0 Å². The van der Waals surface area contributed by atoms with E-state index in [-0.39, 0.29) is 24.3 Å². The largest absolute Gasteiger partial charge is 0.351 e. The second-order valence-electron chi connectivity index (χ2n) is 8.19. The lowest BCUT2D eigenvalue weighted by atomic mass is 10.0. The van der Waals surface area contributed by atoms with Gasteiger partial charge in [0.25, 0.3) is 0 Å². The Morgan fingerprint density at radius 3 is 2.68 bits per heavy atom. The molecule has 1 saturated carbocycles. The summed E-state index contributed by atoms with van der Waals surface area (Å²) in [4.78, 5) is 39.7. The summed E-state index contributed by atoms with van der Waals surface area (Å²) in [6.07, 6.45) is 3.35. The smallest absolute Gasteiger partial charge is 0.323 e. The van der Waals surface area contributed by atoms with Gasteiger partial charge in [-0.25, -0.2) is 9.59 Å². The number of nitrogens with zero attached hydrogens (tertiary/aromatic N) is 2. The second-order valence-corrected chi connectivity index (χ2v) is 8.63. The Hall–Kier alpha value is -3.32. The van der Waals surface area contributed by atoms with E-state index in [4.69, 9.17) is 17.3 Å². The first-order valence-electron chi connectivity index (χ1n) is 10.2. The van der Waals surface area contributed by atoms with Crippen molar-refractivity contribution in [2.75, 3.05) is 5.32 Å². The number of carbonyl (C=O) groups is 3. The average molecular weight is 437 g/mol. The van der Waals surface area contributed by atoms with E-state index in [0.29, 0.717) is 34.0 Å². The first-order chi connectivity index (χ1) is 14.9. The first kappa shape index (κ1) is 19.6. The normalized spacial score (nSPS) is 21.7. The maximum Gasteiger partial charge on any atom is 0.323 e. The summed E-state index contributed by atoms with van der Waals surface area (Å²) in [7, 11) is 0. The van der Waals surface area contributed by atoms with Gasteiger partial charge in [-0.15, -0.1) is 0 Å². The lowest BCUT2D eigenvalue weighted by Gasteiger charge is -2.27. The van der Waals surface area contributed by atoms with Crippen molar-refractivity contribution < 1.29 is 14.4 Å². The van der Waals surface area contributed by atoms with Crippen LogP contribution < -0.4 is 11.1 Å². The highest BCUT2D eigenvalue weighted by Crippen LogP contribution is 2.48. The van der Waals surface area contributed by atoms with Gasteiger partial charge in [-0.3, -0.25) is 9.36 Å². The van der Waals surface area contributed by atoms with E-state index < -0.39 is 12.1 Å². The molecule has 0 bridgehead atoms. The number of Topliss-reactive ketones (excluding diaryl/α,β-unsaturated/α-hetero) is 1. The molecule has 5 rings (SSSR count). The predicted octanol–water partition coefficient (Wildman–Crippen LogP) is 4.03. The molecule has 8 heteroatoms. The summed E-state index contributed by atoms with van der Waals surface area (Å²) in [6.45, 7) is 0. The van der Waals surface area contributed by atoms with Crippen LogP contribution in [0.2, 0.25) is 5.02 Å². The Morgan fingerprint density at radius 2 is 1.90 bits per heavy atom. The fourth-order valence-electron chi connectivity index (χ4n) is 4.64. The van der Waals surface area contributed by atoms with Gasteiger partial charge in [0.05, 0.1) is 17.2 Å². The Morgan fingerprint density at radius 1 is 1.10 bits per heavy atom. The zero-order chi connectivity index (χ0) is 21.7. The van der Waals surface area contributed by atoms with E-state index in [1.165, 1.54) is 10.8 Å². The Labute approximate surface area is 183 Å². The number of benzene rings is 2. The molecule has 3 N–H and O–H groups in total. The number of rotatable bonds is 4. The number of halogens is 1. The van der Waals surface area contributed by atoms with Crippen molar-refractivity contribution in [3.63, 3.8) is 0 Å². The summed E-state index contributed by atoms with van der Waals surface area (Å²) < 4.78 is 1.30. The fourth-order valence-corrected chi connectivity index (χ4v) is 4.86. The molecule has 1 saturated heterocycles. The number of anilines is 1. The van der Waals surface area contributed by atoms with Crippen LogP contribution in [-0.2, 0) is 11.2 Å². The van der Waals surface area contributed by atoms with E-state index in [0.717, 1.165) is 12.0 Å². The van der Waals surface area contributed by atoms with E-state index in [1.54, 1.807) is 29.2 Å². The van der Waals surface area contributed by atoms with Crippen molar-refractivity contribution in [3.05, 3.63) is 65.3 Å². The number of primary amides is 1. The molecule has 1 aliphatic carbocycles. The fraction of sp³-hybridized carbons (Fsp3) is 0.261. The van der Waals surface area contributed by atoms with Crippen LogP contribution in [0.1, 0.15) is 18.4 Å². The number of nitrogens with one attached hydrogen (secondary N) is 1. The molecule has 2 aliphatic rings. The first-order valence-corrected chi connectivity index (χ1v) is 10.6. The van der Waals surface area contributed by atoms with Gasteiger partial charge in [0.15, 0.2) is 5.78 Å². The minimum Gasteiger partial charge on any atom is -0.351 e. The number of nitrogens with two attached hydrogens (primary N) is 1. The zero-order valence-electron chi connectivity index (χ0n) is 16.6. The third-order valence-corrected chi connectivity index (χ3v) is 6.40. The summed E-state index contributed by atoms with van der Waals surface area (Å²) >= 11 is 6.04. The zero-order valence-corrected chi connectivity index (χ0v) is 17.4. The lowest BCUT2D eigenvalue weighted by Crippen LogP contribution is -2.45. The van der Waals surface area contributed by atoms with Gasteiger partial charge in [-0.1, -0.05) is 41.9 Å². The quantitative estimate of drug-likeness (QED) is 0.646. The predicted molar refractivity (Wildman–Crippen MR) is 118 cm³/mol. The van der Waals surface area contributed by atoms with Gasteiger partial charge >= 0.3 is 12.1 Å². The molecule has 7 nitrogen and oxygen atoms in total. The highest BCUT2D eigenvalue weighted by atomic mass is 35.5. The van der Waals surface area contributed by atoms with Crippen LogP contribution in [0.4, 0.5) is 15.3 Å². The summed E-state index contributed by atoms with van der Waals surface area (Å²) in [5.41, 5.74) is 7.41. The molecule has 2 aromatic carbocycles. The molecule has 3 atom stereocenters. The highest BCUT2D eigenvalue weighted by molar-refractivity contribution is 6.30. The molecule has 158 valence electrons. The van der Waals surface area contributed by atoms with Crippen molar-refractivity contribution >= 4 is 46.0 Å². The van der Waals surface area contributed by atoms with Crippen LogP contribution in [-0.4, -0.2) is 39.4 Å². The highest BCUT2D eigenvalue weighted by Gasteiger charge is 2.55. The molecule has 2 fully saturated rings. The topological polar surface area (TPSA) is 97.4 Å². The average Bonchev–Trinajstić information content (AvgIpc) is 3.24. The van der Waals surface area contributed by atoms with Crippen molar-refractivity contribution in [3.8, 4) is 0 Å².